The first-order valence-corrected chi connectivity index (χ1v) is 7.18. The lowest BCUT2D eigenvalue weighted by molar-refractivity contribution is 0.163. The van der Waals surface area contributed by atoms with E-state index in [0.717, 1.165) is 36.6 Å². The van der Waals surface area contributed by atoms with E-state index in [2.05, 4.69) is 12.2 Å². The van der Waals surface area contributed by atoms with E-state index in [1.54, 1.807) is 0 Å². The fourth-order valence-corrected chi connectivity index (χ4v) is 2.34. The monoisotopic (exact) mass is 273 g/mol. The number of hydrogen-bond donors (Lipinski definition) is 2. The number of hydrogen-bond acceptors (Lipinski definition) is 3. The zero-order valence-corrected chi connectivity index (χ0v) is 12.2. The molecule has 0 spiro atoms. The predicted molar refractivity (Wildman–Crippen MR) is 81.3 cm³/mol. The van der Waals surface area contributed by atoms with Crippen LogP contribution in [0.15, 0.2) is 46.9 Å². The molecule has 0 saturated carbocycles. The van der Waals surface area contributed by atoms with Crippen LogP contribution in [-0.2, 0) is 6.54 Å². The Balaban J connectivity index is 1.82. The number of aliphatic hydroxyl groups is 1. The number of furan rings is 1. The van der Waals surface area contributed by atoms with Crippen molar-refractivity contribution < 1.29 is 9.52 Å². The minimum Gasteiger partial charge on any atom is -0.460 e. The summed E-state index contributed by atoms with van der Waals surface area (Å²) in [7, 11) is 0. The van der Waals surface area contributed by atoms with Crippen molar-refractivity contribution in [3.05, 3.63) is 48.2 Å². The molecule has 0 aliphatic rings. The van der Waals surface area contributed by atoms with Gasteiger partial charge >= 0.3 is 0 Å². The lowest BCUT2D eigenvalue weighted by atomic mass is 10.1. The molecule has 0 radical (unpaired) electrons. The zero-order chi connectivity index (χ0) is 14.4. The van der Waals surface area contributed by atoms with Crippen molar-refractivity contribution in [2.45, 2.75) is 32.9 Å². The first-order chi connectivity index (χ1) is 9.65. The molecular formula is C17H23NO2. The van der Waals surface area contributed by atoms with Crippen molar-refractivity contribution in [2.24, 2.45) is 5.92 Å². The molecule has 3 heteroatoms. The van der Waals surface area contributed by atoms with E-state index in [1.807, 2.05) is 49.4 Å². The van der Waals surface area contributed by atoms with Gasteiger partial charge < -0.3 is 14.8 Å². The third-order valence-electron chi connectivity index (χ3n) is 3.26. The Morgan fingerprint density at radius 2 is 1.85 bits per heavy atom. The summed E-state index contributed by atoms with van der Waals surface area (Å²) in [6, 6.07) is 14.1. The highest BCUT2D eigenvalue weighted by atomic mass is 16.3. The summed E-state index contributed by atoms with van der Waals surface area (Å²) in [4.78, 5) is 0. The Labute approximate surface area is 120 Å². The summed E-state index contributed by atoms with van der Waals surface area (Å²) in [6.45, 7) is 5.57. The molecule has 1 heterocycles. The molecular weight excluding hydrogens is 250 g/mol. The second kappa shape index (κ2) is 7.27. The molecule has 0 aliphatic heterocycles. The van der Waals surface area contributed by atoms with Crippen LogP contribution in [0.2, 0.25) is 0 Å². The number of aliphatic hydroxyl groups excluding tert-OH is 1. The van der Waals surface area contributed by atoms with Gasteiger partial charge in [-0.2, -0.15) is 0 Å². The summed E-state index contributed by atoms with van der Waals surface area (Å²) in [5.74, 6) is 2.30. The second-order valence-corrected chi connectivity index (χ2v) is 5.45. The molecule has 2 N–H and O–H groups in total. The minimum absolute atomic E-state index is 0.236. The highest BCUT2D eigenvalue weighted by molar-refractivity contribution is 5.57. The van der Waals surface area contributed by atoms with E-state index in [-0.39, 0.29) is 6.10 Å². The van der Waals surface area contributed by atoms with Crippen LogP contribution in [0.25, 0.3) is 11.3 Å². The van der Waals surface area contributed by atoms with Crippen LogP contribution in [-0.4, -0.2) is 17.8 Å². The van der Waals surface area contributed by atoms with Gasteiger partial charge in [-0.3, -0.25) is 0 Å². The van der Waals surface area contributed by atoms with E-state index in [9.17, 15) is 5.11 Å². The molecule has 2 unspecified atom stereocenters. The van der Waals surface area contributed by atoms with E-state index >= 15 is 0 Å². The average Bonchev–Trinajstić information content (AvgIpc) is 2.88. The SMILES string of the molecule is CC(O)CC(C)CNCc1ccc(-c2ccccc2)o1. The topological polar surface area (TPSA) is 45.4 Å². The molecule has 2 rings (SSSR count). The summed E-state index contributed by atoms with van der Waals surface area (Å²) in [5.41, 5.74) is 1.10. The summed E-state index contributed by atoms with van der Waals surface area (Å²) < 4.78 is 5.82. The quantitative estimate of drug-likeness (QED) is 0.812. The first-order valence-electron chi connectivity index (χ1n) is 7.18. The number of benzene rings is 1. The van der Waals surface area contributed by atoms with Crippen molar-refractivity contribution in [3.8, 4) is 11.3 Å². The van der Waals surface area contributed by atoms with Gasteiger partial charge in [0.2, 0.25) is 0 Å². The normalized spacial score (nSPS) is 14.2. The van der Waals surface area contributed by atoms with Crippen molar-refractivity contribution in [3.63, 3.8) is 0 Å². The fourth-order valence-electron chi connectivity index (χ4n) is 2.34. The van der Waals surface area contributed by atoms with Gasteiger partial charge in [0.1, 0.15) is 11.5 Å². The molecule has 1 aromatic carbocycles. The molecule has 1 aromatic heterocycles. The van der Waals surface area contributed by atoms with Crippen LogP contribution in [0.3, 0.4) is 0 Å². The Bertz CT molecular complexity index is 505. The molecule has 108 valence electrons. The Morgan fingerprint density at radius 1 is 1.10 bits per heavy atom. The van der Waals surface area contributed by atoms with Crippen molar-refractivity contribution in [1.82, 2.24) is 5.32 Å². The van der Waals surface area contributed by atoms with Gasteiger partial charge in [0.25, 0.3) is 0 Å². The predicted octanol–water partition coefficient (Wildman–Crippen LogP) is 3.44. The maximum Gasteiger partial charge on any atom is 0.134 e. The lowest BCUT2D eigenvalue weighted by Gasteiger charge is -2.13. The van der Waals surface area contributed by atoms with E-state index in [0.29, 0.717) is 5.92 Å². The van der Waals surface area contributed by atoms with Crippen LogP contribution in [0.5, 0.6) is 0 Å². The Hall–Kier alpha value is -1.58. The van der Waals surface area contributed by atoms with Crippen LogP contribution < -0.4 is 5.32 Å². The Kier molecular flexibility index (Phi) is 5.39. The molecule has 0 amide bonds. The second-order valence-electron chi connectivity index (χ2n) is 5.45. The average molecular weight is 273 g/mol. The standard InChI is InChI=1S/C17H23NO2/c1-13(10-14(2)19)11-18-12-16-8-9-17(20-16)15-6-4-3-5-7-15/h3-9,13-14,18-19H,10-12H2,1-2H3. The van der Waals surface area contributed by atoms with Crippen LogP contribution in [0.4, 0.5) is 0 Å². The molecule has 3 nitrogen and oxygen atoms in total. The highest BCUT2D eigenvalue weighted by Crippen LogP contribution is 2.21. The van der Waals surface area contributed by atoms with Gasteiger partial charge in [0.15, 0.2) is 0 Å². The number of nitrogens with one attached hydrogen (secondary N) is 1. The largest absolute Gasteiger partial charge is 0.460 e. The Morgan fingerprint density at radius 3 is 2.55 bits per heavy atom. The van der Waals surface area contributed by atoms with Gasteiger partial charge in [0.05, 0.1) is 12.6 Å². The van der Waals surface area contributed by atoms with Crippen LogP contribution in [0, 0.1) is 5.92 Å². The van der Waals surface area contributed by atoms with Crippen LogP contribution in [0.1, 0.15) is 26.0 Å². The first kappa shape index (κ1) is 14.8. The zero-order valence-electron chi connectivity index (χ0n) is 12.2. The van der Waals surface area contributed by atoms with Gasteiger partial charge in [0, 0.05) is 5.56 Å². The molecule has 0 aliphatic carbocycles. The summed E-state index contributed by atoms with van der Waals surface area (Å²) >= 11 is 0. The lowest BCUT2D eigenvalue weighted by Crippen LogP contribution is -2.22. The third kappa shape index (κ3) is 4.51. The number of rotatable bonds is 7. The van der Waals surface area contributed by atoms with E-state index < -0.39 is 0 Å². The minimum atomic E-state index is -0.236. The van der Waals surface area contributed by atoms with Gasteiger partial charge in [-0.25, -0.2) is 0 Å². The van der Waals surface area contributed by atoms with E-state index in [1.165, 1.54) is 0 Å². The third-order valence-corrected chi connectivity index (χ3v) is 3.26. The van der Waals surface area contributed by atoms with Crippen molar-refractivity contribution in [2.75, 3.05) is 6.54 Å². The van der Waals surface area contributed by atoms with Gasteiger partial charge in [-0.05, 0) is 37.9 Å². The summed E-state index contributed by atoms with van der Waals surface area (Å²) in [5, 5.41) is 12.7. The van der Waals surface area contributed by atoms with E-state index in [4.69, 9.17) is 4.42 Å². The molecule has 20 heavy (non-hydrogen) atoms. The molecule has 0 fully saturated rings. The van der Waals surface area contributed by atoms with Gasteiger partial charge in [-0.15, -0.1) is 0 Å². The smallest absolute Gasteiger partial charge is 0.134 e. The fraction of sp³-hybridized carbons (Fsp3) is 0.412. The molecule has 0 bridgehead atoms. The highest BCUT2D eigenvalue weighted by Gasteiger charge is 2.07. The summed E-state index contributed by atoms with van der Waals surface area (Å²) in [6.07, 6.45) is 0.584. The van der Waals surface area contributed by atoms with Crippen molar-refractivity contribution >= 4 is 0 Å². The van der Waals surface area contributed by atoms with Crippen LogP contribution >= 0.6 is 0 Å². The molecule has 2 atom stereocenters. The van der Waals surface area contributed by atoms with Gasteiger partial charge in [-0.1, -0.05) is 37.3 Å². The van der Waals surface area contributed by atoms with Crippen molar-refractivity contribution in [1.29, 1.82) is 0 Å². The molecule has 0 saturated heterocycles. The maximum absolute atomic E-state index is 9.32. The maximum atomic E-state index is 9.32. The molecule has 2 aromatic rings.